The molecule has 2 aromatic carbocycles. The lowest BCUT2D eigenvalue weighted by atomic mass is 10.00. The fourth-order valence-corrected chi connectivity index (χ4v) is 3.84. The van der Waals surface area contributed by atoms with Crippen LogP contribution >= 0.6 is 15.9 Å². The van der Waals surface area contributed by atoms with Crippen LogP contribution in [0, 0.1) is 0 Å². The van der Waals surface area contributed by atoms with Gasteiger partial charge in [0.05, 0.1) is 0 Å². The third-order valence-corrected chi connectivity index (χ3v) is 5.86. The van der Waals surface area contributed by atoms with Crippen molar-refractivity contribution in [3.63, 3.8) is 0 Å². The molecule has 0 amide bonds. The van der Waals surface area contributed by atoms with Gasteiger partial charge >= 0.3 is 0 Å². The van der Waals surface area contributed by atoms with Gasteiger partial charge in [0, 0.05) is 5.33 Å². The lowest BCUT2D eigenvalue weighted by molar-refractivity contribution is 0.556. The average molecular weight is 415 g/mol. The second kappa shape index (κ2) is 13.1. The number of aryl methyl sites for hydroxylation is 1. The summed E-state index contributed by atoms with van der Waals surface area (Å²) in [6.45, 7) is 2.29. The third kappa shape index (κ3) is 8.08. The first-order valence-electron chi connectivity index (χ1n) is 10.6. The molecule has 0 aliphatic carbocycles. The number of alkyl halides is 1. The van der Waals surface area contributed by atoms with E-state index in [1.165, 1.54) is 92.9 Å². The molecule has 0 aliphatic rings. The van der Waals surface area contributed by atoms with Crippen LogP contribution in [0.3, 0.4) is 0 Å². The van der Waals surface area contributed by atoms with Gasteiger partial charge in [-0.3, -0.25) is 0 Å². The van der Waals surface area contributed by atoms with E-state index in [-0.39, 0.29) is 0 Å². The number of unbranched alkanes of at least 4 members (excludes halogenated alkanes) is 9. The highest BCUT2D eigenvalue weighted by molar-refractivity contribution is 9.08. The van der Waals surface area contributed by atoms with Crippen molar-refractivity contribution in [2.75, 3.05) is 0 Å². The summed E-state index contributed by atoms with van der Waals surface area (Å²) in [4.78, 5) is 0. The Kier molecular flexibility index (Phi) is 10.7. The zero-order valence-electron chi connectivity index (χ0n) is 16.5. The third-order valence-electron chi connectivity index (χ3n) is 5.21. The van der Waals surface area contributed by atoms with Crippen LogP contribution in [0.1, 0.15) is 82.3 Å². The first kappa shape index (κ1) is 21.2. The summed E-state index contributed by atoms with van der Waals surface area (Å²) in [5, 5.41) is 0.922. The van der Waals surface area contributed by atoms with Gasteiger partial charge in [0.25, 0.3) is 0 Å². The van der Waals surface area contributed by atoms with Gasteiger partial charge in [-0.15, -0.1) is 0 Å². The maximum Gasteiger partial charge on any atom is 0.0283 e. The van der Waals surface area contributed by atoms with Gasteiger partial charge in [-0.2, -0.15) is 0 Å². The van der Waals surface area contributed by atoms with Crippen molar-refractivity contribution < 1.29 is 0 Å². The fourth-order valence-electron chi connectivity index (χ4n) is 3.47. The first-order chi connectivity index (χ1) is 12.8. The Hall–Kier alpha value is -1.08. The summed E-state index contributed by atoms with van der Waals surface area (Å²) in [6, 6.07) is 18.0. The monoisotopic (exact) mass is 414 g/mol. The predicted octanol–water partition coefficient (Wildman–Crippen LogP) is 8.71. The zero-order chi connectivity index (χ0) is 18.5. The van der Waals surface area contributed by atoms with E-state index in [1.807, 2.05) is 0 Å². The molecule has 0 aliphatic heterocycles. The van der Waals surface area contributed by atoms with Gasteiger partial charge in [0.2, 0.25) is 0 Å². The lowest BCUT2D eigenvalue weighted by Gasteiger charge is -2.06. The maximum atomic E-state index is 3.50. The van der Waals surface area contributed by atoms with E-state index in [1.54, 1.807) is 0 Å². The van der Waals surface area contributed by atoms with Crippen molar-refractivity contribution >= 4 is 15.9 Å². The fraction of sp³-hybridized carbons (Fsp3) is 0.520. The Balaban J connectivity index is 1.60. The Labute approximate surface area is 169 Å². The Morgan fingerprint density at radius 1 is 0.538 bits per heavy atom. The van der Waals surface area contributed by atoms with E-state index in [0.29, 0.717) is 0 Å². The molecule has 0 radical (unpaired) electrons. The van der Waals surface area contributed by atoms with Crippen molar-refractivity contribution in [1.29, 1.82) is 0 Å². The molecule has 26 heavy (non-hydrogen) atoms. The van der Waals surface area contributed by atoms with Gasteiger partial charge in [0.1, 0.15) is 0 Å². The molecule has 0 aromatic heterocycles. The molecule has 0 heterocycles. The smallest absolute Gasteiger partial charge is 0.0283 e. The number of benzene rings is 2. The molecule has 142 valence electrons. The highest BCUT2D eigenvalue weighted by atomic mass is 79.9. The normalized spacial score (nSPS) is 11.0. The molecular formula is C25H35Br. The molecule has 0 unspecified atom stereocenters. The van der Waals surface area contributed by atoms with Crippen LogP contribution in [-0.4, -0.2) is 0 Å². The molecule has 2 aromatic rings. The minimum absolute atomic E-state index is 0.922. The quantitative estimate of drug-likeness (QED) is 0.227. The molecule has 0 bridgehead atoms. The molecule has 0 N–H and O–H groups in total. The second-order valence-electron chi connectivity index (χ2n) is 7.46. The van der Waals surface area contributed by atoms with Crippen LogP contribution in [0.25, 0.3) is 11.1 Å². The molecule has 0 saturated heterocycles. The number of hydrogen-bond acceptors (Lipinski definition) is 0. The molecule has 0 spiro atoms. The summed E-state index contributed by atoms with van der Waals surface area (Å²) >= 11 is 3.50. The van der Waals surface area contributed by atoms with Crippen molar-refractivity contribution in [1.82, 2.24) is 0 Å². The molecule has 0 atom stereocenters. The summed E-state index contributed by atoms with van der Waals surface area (Å²) in [5.41, 5.74) is 5.43. The van der Waals surface area contributed by atoms with Crippen LogP contribution in [0.4, 0.5) is 0 Å². The van der Waals surface area contributed by atoms with Gasteiger partial charge in [-0.1, -0.05) is 129 Å². The zero-order valence-corrected chi connectivity index (χ0v) is 18.1. The largest absolute Gasteiger partial charge is 0.0876 e. The van der Waals surface area contributed by atoms with Crippen molar-refractivity contribution in [2.24, 2.45) is 0 Å². The van der Waals surface area contributed by atoms with Gasteiger partial charge in [-0.25, -0.2) is 0 Å². The molecule has 0 nitrogen and oxygen atoms in total. The van der Waals surface area contributed by atoms with Crippen LogP contribution in [-0.2, 0) is 11.8 Å². The van der Waals surface area contributed by atoms with Gasteiger partial charge < -0.3 is 0 Å². The Morgan fingerprint density at radius 3 is 1.42 bits per heavy atom. The predicted molar refractivity (Wildman–Crippen MR) is 120 cm³/mol. The summed E-state index contributed by atoms with van der Waals surface area (Å²) in [5.74, 6) is 0. The van der Waals surface area contributed by atoms with E-state index in [2.05, 4.69) is 71.4 Å². The van der Waals surface area contributed by atoms with Crippen molar-refractivity contribution in [2.45, 2.75) is 82.9 Å². The van der Waals surface area contributed by atoms with E-state index in [0.717, 1.165) is 5.33 Å². The van der Waals surface area contributed by atoms with Crippen LogP contribution < -0.4 is 0 Å². The Bertz CT molecular complexity index is 583. The van der Waals surface area contributed by atoms with Crippen molar-refractivity contribution in [3.05, 3.63) is 59.7 Å². The minimum atomic E-state index is 0.922. The summed E-state index contributed by atoms with van der Waals surface area (Å²) < 4.78 is 0. The first-order valence-corrected chi connectivity index (χ1v) is 11.7. The van der Waals surface area contributed by atoms with E-state index >= 15 is 0 Å². The molecular weight excluding hydrogens is 380 g/mol. The highest BCUT2D eigenvalue weighted by Crippen LogP contribution is 2.22. The molecule has 0 fully saturated rings. The summed E-state index contributed by atoms with van der Waals surface area (Å²) in [7, 11) is 0. The van der Waals surface area contributed by atoms with Crippen LogP contribution in [0.15, 0.2) is 48.5 Å². The van der Waals surface area contributed by atoms with Crippen LogP contribution in [0.5, 0.6) is 0 Å². The molecule has 2 rings (SSSR count). The minimum Gasteiger partial charge on any atom is -0.0876 e. The topological polar surface area (TPSA) is 0 Å². The lowest BCUT2D eigenvalue weighted by Crippen LogP contribution is -1.87. The number of hydrogen-bond donors (Lipinski definition) is 0. The van der Waals surface area contributed by atoms with Gasteiger partial charge in [-0.05, 0) is 35.1 Å². The van der Waals surface area contributed by atoms with E-state index in [4.69, 9.17) is 0 Å². The maximum absolute atomic E-state index is 3.50. The molecule has 1 heteroatoms. The van der Waals surface area contributed by atoms with Crippen LogP contribution in [0.2, 0.25) is 0 Å². The number of rotatable bonds is 13. The standard InChI is InChI=1S/C25H35Br/c1-2-3-4-5-6-7-8-9-10-11-12-22-13-17-24(18-14-22)25-19-15-23(21-26)16-20-25/h13-20H,2-12,21H2,1H3. The average Bonchev–Trinajstić information content (AvgIpc) is 2.70. The van der Waals surface area contributed by atoms with Crippen molar-refractivity contribution in [3.8, 4) is 11.1 Å². The SMILES string of the molecule is CCCCCCCCCCCCc1ccc(-c2ccc(CBr)cc2)cc1. The van der Waals surface area contributed by atoms with E-state index in [9.17, 15) is 0 Å². The summed E-state index contributed by atoms with van der Waals surface area (Å²) in [6.07, 6.45) is 15.3. The second-order valence-corrected chi connectivity index (χ2v) is 8.02. The van der Waals surface area contributed by atoms with Gasteiger partial charge in [0.15, 0.2) is 0 Å². The highest BCUT2D eigenvalue weighted by Gasteiger charge is 2.00. The van der Waals surface area contributed by atoms with E-state index < -0.39 is 0 Å². The molecule has 0 saturated carbocycles. The number of halogens is 1. The Morgan fingerprint density at radius 2 is 0.962 bits per heavy atom.